The third-order valence-electron chi connectivity index (χ3n) is 5.41. The molecule has 0 bridgehead atoms. The van der Waals surface area contributed by atoms with Crippen LogP contribution in [0, 0.1) is 0 Å². The highest BCUT2D eigenvalue weighted by atomic mass is 32.2. The summed E-state index contributed by atoms with van der Waals surface area (Å²) in [5, 5.41) is -1.34. The second-order valence-electron chi connectivity index (χ2n) is 8.98. The molecule has 3 aliphatic rings. The van der Waals surface area contributed by atoms with Crippen molar-refractivity contribution in [3.63, 3.8) is 0 Å². The maximum Gasteiger partial charge on any atom is 0.329 e. The van der Waals surface area contributed by atoms with Crippen LogP contribution < -0.4 is 0 Å². The van der Waals surface area contributed by atoms with Gasteiger partial charge in [0.2, 0.25) is 0 Å². The van der Waals surface area contributed by atoms with Crippen LogP contribution in [-0.2, 0) is 43.2 Å². The van der Waals surface area contributed by atoms with Crippen molar-refractivity contribution >= 4 is 33.6 Å². The fourth-order valence-corrected chi connectivity index (χ4v) is 6.13. The first-order chi connectivity index (χ1) is 14.8. The van der Waals surface area contributed by atoms with Crippen molar-refractivity contribution in [2.45, 2.75) is 63.7 Å². The minimum absolute atomic E-state index is 0.0146. The van der Waals surface area contributed by atoms with Gasteiger partial charge in [0.05, 0.1) is 5.75 Å². The van der Waals surface area contributed by atoms with Gasteiger partial charge in [0.15, 0.2) is 21.3 Å². The number of esters is 2. The van der Waals surface area contributed by atoms with Crippen LogP contribution >= 0.6 is 0 Å². The van der Waals surface area contributed by atoms with E-state index in [0.717, 1.165) is 11.8 Å². The molecule has 32 heavy (non-hydrogen) atoms. The summed E-state index contributed by atoms with van der Waals surface area (Å²) in [6, 6.07) is -0.865. The second-order valence-corrected chi connectivity index (χ2v) is 11.1. The number of methoxy groups -OCH3 is 1. The summed E-state index contributed by atoms with van der Waals surface area (Å²) < 4.78 is 41.0. The highest BCUT2D eigenvalue weighted by molar-refractivity contribution is 7.92. The summed E-state index contributed by atoms with van der Waals surface area (Å²) in [6.07, 6.45) is -0.305. The van der Waals surface area contributed by atoms with Gasteiger partial charge in [-0.1, -0.05) is 0 Å². The van der Waals surface area contributed by atoms with E-state index in [9.17, 15) is 27.6 Å². The lowest BCUT2D eigenvalue weighted by Gasteiger charge is -2.49. The lowest BCUT2D eigenvalue weighted by Crippen LogP contribution is -2.71. The third-order valence-corrected chi connectivity index (χ3v) is 7.36. The van der Waals surface area contributed by atoms with E-state index >= 15 is 0 Å². The summed E-state index contributed by atoms with van der Waals surface area (Å²) in [7, 11) is -2.67. The molecular weight excluding hydrogens is 444 g/mol. The van der Waals surface area contributed by atoms with Crippen LogP contribution in [0.15, 0.2) is 11.3 Å². The number of amides is 2. The number of rotatable bonds is 5. The highest BCUT2D eigenvalue weighted by Crippen LogP contribution is 2.39. The maximum atomic E-state index is 13.6. The normalized spacial score (nSPS) is 27.0. The summed E-state index contributed by atoms with van der Waals surface area (Å²) >= 11 is 0. The Balaban J connectivity index is 2.00. The number of β-lactam (4-membered cyclic amide) rings is 1. The molecule has 0 saturated carbocycles. The zero-order valence-electron chi connectivity index (χ0n) is 18.7. The number of carbonyl (C=O) groups excluding carboxylic acids is 4. The molecule has 12 heteroatoms. The Morgan fingerprint density at radius 3 is 2.41 bits per heavy atom. The van der Waals surface area contributed by atoms with E-state index in [1.54, 1.807) is 20.8 Å². The zero-order chi connectivity index (χ0) is 24.0. The van der Waals surface area contributed by atoms with Crippen molar-refractivity contribution < 1.29 is 41.8 Å². The van der Waals surface area contributed by atoms with Crippen molar-refractivity contribution in [2.75, 3.05) is 26.0 Å². The minimum Gasteiger partial charge on any atom is -0.461 e. The molecule has 2 amide bonds. The van der Waals surface area contributed by atoms with Crippen molar-refractivity contribution in [1.82, 2.24) is 9.80 Å². The van der Waals surface area contributed by atoms with Gasteiger partial charge in [-0.3, -0.25) is 19.3 Å². The number of sulfone groups is 1. The largest absolute Gasteiger partial charge is 0.461 e. The van der Waals surface area contributed by atoms with E-state index in [4.69, 9.17) is 14.2 Å². The van der Waals surface area contributed by atoms with Gasteiger partial charge in [-0.05, 0) is 33.6 Å². The molecule has 178 valence electrons. The molecule has 0 N–H and O–H groups in total. The van der Waals surface area contributed by atoms with Crippen LogP contribution in [0.3, 0.4) is 0 Å². The zero-order valence-corrected chi connectivity index (χ0v) is 19.6. The van der Waals surface area contributed by atoms with Gasteiger partial charge >= 0.3 is 11.9 Å². The number of carbonyl (C=O) groups is 4. The van der Waals surface area contributed by atoms with Crippen molar-refractivity contribution in [2.24, 2.45) is 0 Å². The van der Waals surface area contributed by atoms with Crippen molar-refractivity contribution in [1.29, 1.82) is 0 Å². The summed E-state index contributed by atoms with van der Waals surface area (Å²) in [5.74, 6) is -3.17. The Kier molecular flexibility index (Phi) is 6.40. The monoisotopic (exact) mass is 472 g/mol. The quantitative estimate of drug-likeness (QED) is 0.392. The molecule has 0 radical (unpaired) electrons. The van der Waals surface area contributed by atoms with E-state index in [1.165, 1.54) is 12.0 Å². The Hall–Kier alpha value is -2.47. The number of hydrogen-bond donors (Lipinski definition) is 0. The molecular formula is C20H28N2O9S. The molecule has 3 heterocycles. The first-order valence-corrected chi connectivity index (χ1v) is 12.0. The summed E-state index contributed by atoms with van der Waals surface area (Å²) in [6.45, 7) is 6.07. The van der Waals surface area contributed by atoms with Crippen molar-refractivity contribution in [3.05, 3.63) is 11.3 Å². The van der Waals surface area contributed by atoms with Gasteiger partial charge < -0.3 is 19.1 Å². The number of fused-ring (bicyclic) bond motifs is 1. The molecule has 0 unspecified atom stereocenters. The molecule has 0 aromatic heterocycles. The minimum atomic E-state index is -3.89. The Morgan fingerprint density at radius 1 is 1.19 bits per heavy atom. The molecule has 3 atom stereocenters. The lowest BCUT2D eigenvalue weighted by molar-refractivity contribution is -0.165. The maximum absolute atomic E-state index is 13.6. The standard InChI is InChI=1S/C20H28N2O9S/c1-11(23)30-9-12-10-32(27,28)18-15(29-5)17(25)22(18)14(12)16(24)21-8-6-7-13(21)19(26)31-20(2,3)4/h13,15,18H,6-10H2,1-5H3/t13-,15-,18+/m0/s1. The smallest absolute Gasteiger partial charge is 0.329 e. The van der Waals surface area contributed by atoms with Crippen LogP contribution in [0.4, 0.5) is 0 Å². The fourth-order valence-electron chi connectivity index (χ4n) is 4.12. The molecule has 0 spiro atoms. The van der Waals surface area contributed by atoms with Crippen LogP contribution in [0.5, 0.6) is 0 Å². The molecule has 11 nitrogen and oxygen atoms in total. The van der Waals surface area contributed by atoms with E-state index in [2.05, 4.69) is 0 Å². The van der Waals surface area contributed by atoms with Gasteiger partial charge in [0, 0.05) is 26.2 Å². The van der Waals surface area contributed by atoms with E-state index in [0.29, 0.717) is 12.8 Å². The predicted octanol–water partition coefficient (Wildman–Crippen LogP) is -0.252. The predicted molar refractivity (Wildman–Crippen MR) is 109 cm³/mol. The molecule has 0 aliphatic carbocycles. The van der Waals surface area contributed by atoms with Crippen LogP contribution in [-0.4, -0.2) is 91.1 Å². The molecule has 3 aliphatic heterocycles. The van der Waals surface area contributed by atoms with Crippen LogP contribution in [0.2, 0.25) is 0 Å². The fraction of sp³-hybridized carbons (Fsp3) is 0.700. The molecule has 2 fully saturated rings. The average Bonchev–Trinajstić information content (AvgIpc) is 3.14. The first kappa shape index (κ1) is 24.2. The number of nitrogens with zero attached hydrogens (tertiary/aromatic N) is 2. The van der Waals surface area contributed by atoms with E-state index < -0.39 is 69.1 Å². The highest BCUT2D eigenvalue weighted by Gasteiger charge is 2.61. The van der Waals surface area contributed by atoms with Gasteiger partial charge in [-0.2, -0.15) is 0 Å². The molecule has 2 saturated heterocycles. The average molecular weight is 473 g/mol. The van der Waals surface area contributed by atoms with Gasteiger partial charge in [0.25, 0.3) is 11.8 Å². The SMILES string of the molecule is CO[C@H]1C(=O)N2C(C(=O)N3CCC[C@H]3C(=O)OC(C)(C)C)=C(COC(C)=O)CS(=O)(=O)[C@H]12. The summed E-state index contributed by atoms with van der Waals surface area (Å²) in [4.78, 5) is 52.4. The number of ether oxygens (including phenoxy) is 3. The van der Waals surface area contributed by atoms with Crippen LogP contribution in [0.25, 0.3) is 0 Å². The Bertz CT molecular complexity index is 980. The first-order valence-electron chi connectivity index (χ1n) is 10.2. The van der Waals surface area contributed by atoms with Gasteiger partial charge in [0.1, 0.15) is 23.9 Å². The molecule has 0 aromatic rings. The molecule has 3 rings (SSSR count). The Labute approximate surface area is 186 Å². The number of hydrogen-bond acceptors (Lipinski definition) is 9. The summed E-state index contributed by atoms with van der Waals surface area (Å²) in [5.41, 5.74) is -0.948. The Morgan fingerprint density at radius 2 is 1.84 bits per heavy atom. The van der Waals surface area contributed by atoms with Crippen molar-refractivity contribution in [3.8, 4) is 0 Å². The van der Waals surface area contributed by atoms with E-state index in [1.807, 2.05) is 0 Å². The van der Waals surface area contributed by atoms with E-state index in [-0.39, 0.29) is 17.8 Å². The van der Waals surface area contributed by atoms with Gasteiger partial charge in [-0.15, -0.1) is 0 Å². The lowest BCUT2D eigenvalue weighted by atomic mass is 10.0. The molecule has 0 aromatic carbocycles. The van der Waals surface area contributed by atoms with Crippen LogP contribution in [0.1, 0.15) is 40.5 Å². The third kappa shape index (κ3) is 4.38. The van der Waals surface area contributed by atoms with Gasteiger partial charge in [-0.25, -0.2) is 13.2 Å². The topological polar surface area (TPSA) is 137 Å². The second kappa shape index (κ2) is 8.47. The number of likely N-dealkylation sites (tertiary alicyclic amines) is 1.